The fourth-order valence-corrected chi connectivity index (χ4v) is 4.63. The maximum absolute atomic E-state index is 13.6. The lowest BCUT2D eigenvalue weighted by Crippen LogP contribution is -2.36. The first-order valence-corrected chi connectivity index (χ1v) is 12.2. The summed E-state index contributed by atoms with van der Waals surface area (Å²) in [6.45, 7) is 14.1. The smallest absolute Gasteiger partial charge is 0.307 e. The molecule has 0 aromatic heterocycles. The molecule has 0 radical (unpaired) electrons. The van der Waals surface area contributed by atoms with E-state index in [4.69, 9.17) is 19.2 Å². The molecule has 0 aliphatic heterocycles. The first-order valence-electron chi connectivity index (χ1n) is 12.2. The number of aryl methyl sites for hydroxylation is 3. The van der Waals surface area contributed by atoms with Crippen molar-refractivity contribution in [1.82, 2.24) is 0 Å². The fraction of sp³-hybridized carbons (Fsp3) is 0.500. The Morgan fingerprint density at radius 3 is 1.80 bits per heavy atom. The molecule has 0 bridgehead atoms. The standard InChI is InChI=1S/C26H31F5.4CH2O.2CH4/c1-17-7-8-18(15-24(17)28)5-4-6-19-11-21(12-19)25(2,3)10-9-20-13-22(26(29,30)31)16-23(27)14-20;4*1-2;;/h7-8,13-16,19,21H,4-6,9-12H2,1-3H3;4*1H2;2*1H4. The second kappa shape index (κ2) is 22.5. The van der Waals surface area contributed by atoms with Crippen molar-refractivity contribution in [3.63, 3.8) is 0 Å². The van der Waals surface area contributed by atoms with E-state index in [9.17, 15) is 22.0 Å². The summed E-state index contributed by atoms with van der Waals surface area (Å²) in [7, 11) is 0. The maximum atomic E-state index is 13.6. The Kier molecular flexibility index (Phi) is 24.5. The Morgan fingerprint density at radius 1 is 0.780 bits per heavy atom. The van der Waals surface area contributed by atoms with Gasteiger partial charge in [0.2, 0.25) is 0 Å². The highest BCUT2D eigenvalue weighted by Crippen LogP contribution is 2.49. The minimum Gasteiger partial charge on any atom is -0.307 e. The van der Waals surface area contributed by atoms with Crippen LogP contribution in [0.2, 0.25) is 0 Å². The van der Waals surface area contributed by atoms with Crippen LogP contribution in [0.3, 0.4) is 0 Å². The van der Waals surface area contributed by atoms with Gasteiger partial charge in [-0.05, 0) is 104 Å². The molecule has 1 aliphatic rings. The van der Waals surface area contributed by atoms with Crippen LogP contribution in [0.1, 0.15) is 83.1 Å². The Labute approximate surface area is 242 Å². The highest BCUT2D eigenvalue weighted by molar-refractivity contribution is 5.27. The van der Waals surface area contributed by atoms with E-state index in [0.29, 0.717) is 35.4 Å². The van der Waals surface area contributed by atoms with Crippen molar-refractivity contribution in [2.45, 2.75) is 86.7 Å². The largest absolute Gasteiger partial charge is 0.416 e. The summed E-state index contributed by atoms with van der Waals surface area (Å²) >= 11 is 0. The quantitative estimate of drug-likeness (QED) is 0.288. The lowest BCUT2D eigenvalue weighted by molar-refractivity contribution is -0.137. The molecule has 9 heteroatoms. The number of halogens is 5. The topological polar surface area (TPSA) is 68.3 Å². The van der Waals surface area contributed by atoms with Gasteiger partial charge in [-0.15, -0.1) is 0 Å². The van der Waals surface area contributed by atoms with Crippen LogP contribution in [0.25, 0.3) is 0 Å². The molecule has 234 valence electrons. The van der Waals surface area contributed by atoms with Crippen molar-refractivity contribution in [2.24, 2.45) is 17.3 Å². The normalized spacial score (nSPS) is 15.0. The van der Waals surface area contributed by atoms with Crippen molar-refractivity contribution in [3.05, 3.63) is 70.3 Å². The number of carbonyl (C=O) groups excluding carboxylic acids is 4. The number of hydrogen-bond donors (Lipinski definition) is 0. The average Bonchev–Trinajstić information content (AvgIpc) is 2.90. The summed E-state index contributed by atoms with van der Waals surface area (Å²) in [5.74, 6) is 0.207. The second-order valence-corrected chi connectivity index (χ2v) is 9.84. The van der Waals surface area contributed by atoms with Crippen LogP contribution in [0.15, 0.2) is 36.4 Å². The molecule has 2 aromatic carbocycles. The number of hydrogen-bond acceptors (Lipinski definition) is 4. The second-order valence-electron chi connectivity index (χ2n) is 9.84. The lowest BCUT2D eigenvalue weighted by atomic mass is 9.59. The van der Waals surface area contributed by atoms with Gasteiger partial charge >= 0.3 is 6.18 Å². The Hall–Kier alpha value is -3.23. The summed E-state index contributed by atoms with van der Waals surface area (Å²) in [5.41, 5.74) is 1.19. The van der Waals surface area contributed by atoms with E-state index in [0.717, 1.165) is 50.2 Å². The van der Waals surface area contributed by atoms with Crippen LogP contribution in [0, 0.1) is 35.8 Å². The maximum Gasteiger partial charge on any atom is 0.416 e. The highest BCUT2D eigenvalue weighted by atomic mass is 19.4. The zero-order valence-corrected chi connectivity index (χ0v) is 22.9. The van der Waals surface area contributed by atoms with E-state index in [2.05, 4.69) is 13.8 Å². The average molecular weight is 591 g/mol. The van der Waals surface area contributed by atoms with Crippen molar-refractivity contribution in [1.29, 1.82) is 0 Å². The molecule has 1 aliphatic carbocycles. The van der Waals surface area contributed by atoms with Gasteiger partial charge in [0.1, 0.15) is 38.8 Å². The van der Waals surface area contributed by atoms with Crippen LogP contribution < -0.4 is 0 Å². The van der Waals surface area contributed by atoms with E-state index in [1.807, 2.05) is 39.3 Å². The number of rotatable bonds is 8. The van der Waals surface area contributed by atoms with Crippen LogP contribution in [0.5, 0.6) is 0 Å². The van der Waals surface area contributed by atoms with E-state index >= 15 is 0 Å². The third-order valence-electron chi connectivity index (χ3n) is 7.00. The molecule has 0 atom stereocenters. The minimum atomic E-state index is -4.53. The molecular formula is C32H47F5O4. The van der Waals surface area contributed by atoms with Crippen LogP contribution in [0.4, 0.5) is 22.0 Å². The predicted molar refractivity (Wildman–Crippen MR) is 156 cm³/mol. The molecule has 41 heavy (non-hydrogen) atoms. The molecule has 1 fully saturated rings. The van der Waals surface area contributed by atoms with Gasteiger partial charge in [0.15, 0.2) is 0 Å². The van der Waals surface area contributed by atoms with E-state index in [1.54, 1.807) is 13.0 Å². The summed E-state index contributed by atoms with van der Waals surface area (Å²) in [6, 6.07) is 8.26. The molecule has 4 nitrogen and oxygen atoms in total. The Bertz CT molecular complexity index is 965. The molecule has 1 saturated carbocycles. The van der Waals surface area contributed by atoms with Crippen molar-refractivity contribution in [3.8, 4) is 0 Å². The van der Waals surface area contributed by atoms with Crippen LogP contribution in [-0.4, -0.2) is 27.2 Å². The SMILES string of the molecule is C.C.C=O.C=O.C=O.C=O.Cc1ccc(CCCC2CC(C(C)(C)CCc3cc(F)cc(C(F)(F)F)c3)C2)cc1F. The first kappa shape index (κ1) is 44.8. The summed E-state index contributed by atoms with van der Waals surface area (Å²) in [5, 5.41) is 0. The van der Waals surface area contributed by atoms with Gasteiger partial charge in [-0.3, -0.25) is 0 Å². The molecule has 0 unspecified atom stereocenters. The predicted octanol–water partition coefficient (Wildman–Crippen LogP) is 8.83. The van der Waals surface area contributed by atoms with E-state index < -0.39 is 17.6 Å². The molecule has 3 rings (SSSR count). The lowest BCUT2D eigenvalue weighted by Gasteiger charge is -2.46. The van der Waals surface area contributed by atoms with Crippen molar-refractivity contribution >= 4 is 27.2 Å². The third kappa shape index (κ3) is 15.4. The monoisotopic (exact) mass is 590 g/mol. The van der Waals surface area contributed by atoms with Crippen molar-refractivity contribution in [2.75, 3.05) is 0 Å². The van der Waals surface area contributed by atoms with Gasteiger partial charge in [-0.25, -0.2) is 8.78 Å². The molecule has 0 N–H and O–H groups in total. The third-order valence-corrected chi connectivity index (χ3v) is 7.00. The zero-order chi connectivity index (χ0) is 30.8. The first-order chi connectivity index (χ1) is 18.4. The molecule has 0 heterocycles. The number of alkyl halides is 3. The summed E-state index contributed by atoms with van der Waals surface area (Å²) in [6.07, 6.45) is 1.89. The number of benzene rings is 2. The van der Waals surface area contributed by atoms with E-state index in [-0.39, 0.29) is 26.1 Å². The molecule has 0 amide bonds. The van der Waals surface area contributed by atoms with Gasteiger partial charge in [-0.2, -0.15) is 13.2 Å². The van der Waals surface area contributed by atoms with Gasteiger partial charge in [0, 0.05) is 0 Å². The highest BCUT2D eigenvalue weighted by Gasteiger charge is 2.39. The zero-order valence-electron chi connectivity index (χ0n) is 22.9. The van der Waals surface area contributed by atoms with E-state index in [1.165, 1.54) is 6.07 Å². The van der Waals surface area contributed by atoms with Gasteiger partial charge in [0.05, 0.1) is 5.56 Å². The molecule has 0 spiro atoms. The minimum absolute atomic E-state index is 0. The molecule has 0 saturated heterocycles. The van der Waals surface area contributed by atoms with Gasteiger partial charge < -0.3 is 19.2 Å². The van der Waals surface area contributed by atoms with Gasteiger partial charge in [-0.1, -0.05) is 47.3 Å². The molecule has 2 aromatic rings. The van der Waals surface area contributed by atoms with Gasteiger partial charge in [0.25, 0.3) is 0 Å². The number of carbonyl (C=O) groups is 4. The summed E-state index contributed by atoms with van der Waals surface area (Å²) in [4.78, 5) is 32.0. The van der Waals surface area contributed by atoms with Crippen LogP contribution in [-0.2, 0) is 38.2 Å². The Morgan fingerprint density at radius 2 is 1.32 bits per heavy atom. The summed E-state index contributed by atoms with van der Waals surface area (Å²) < 4.78 is 66.0. The molecular weight excluding hydrogens is 543 g/mol. The van der Waals surface area contributed by atoms with Crippen LogP contribution >= 0.6 is 0 Å². The Balaban J connectivity index is -0.000000629. The fourth-order valence-electron chi connectivity index (χ4n) is 4.63. The van der Waals surface area contributed by atoms with Crippen molar-refractivity contribution < 1.29 is 41.1 Å².